The minimum Gasteiger partial charge on any atom is -0.493 e. The summed E-state index contributed by atoms with van der Waals surface area (Å²) < 4.78 is 68.3. The lowest BCUT2D eigenvalue weighted by molar-refractivity contribution is -0.144. The first-order valence-corrected chi connectivity index (χ1v) is 7.69. The van der Waals surface area contributed by atoms with Crippen LogP contribution in [0.3, 0.4) is 0 Å². The number of hydrogen-bond donors (Lipinski definition) is 0. The van der Waals surface area contributed by atoms with Crippen LogP contribution in [0.1, 0.15) is 11.1 Å². The summed E-state index contributed by atoms with van der Waals surface area (Å²) in [7, 11) is 1.29. The Morgan fingerprint density at radius 1 is 1.00 bits per heavy atom. The highest BCUT2D eigenvalue weighted by molar-refractivity contribution is 5.72. The van der Waals surface area contributed by atoms with Crippen LogP contribution in [0.5, 0.6) is 17.2 Å². The number of ether oxygens (including phenoxy) is 4. The van der Waals surface area contributed by atoms with Gasteiger partial charge in [0.2, 0.25) is 0 Å². The van der Waals surface area contributed by atoms with Crippen molar-refractivity contribution in [3.8, 4) is 17.2 Å². The number of carbonyl (C=O) groups excluding carboxylic acids is 1. The number of para-hydroxylation sites is 1. The number of esters is 1. The van der Waals surface area contributed by atoms with Crippen LogP contribution in [0.15, 0.2) is 42.5 Å². The van der Waals surface area contributed by atoms with E-state index in [0.29, 0.717) is 5.56 Å². The molecule has 0 heterocycles. The fraction of sp³-hybridized carbons (Fsp3) is 0.278. The molecule has 0 aliphatic carbocycles. The second-order valence-electron chi connectivity index (χ2n) is 5.19. The van der Waals surface area contributed by atoms with E-state index in [1.807, 2.05) is 0 Å². The van der Waals surface area contributed by atoms with Crippen LogP contribution in [0.4, 0.5) is 17.6 Å². The van der Waals surface area contributed by atoms with E-state index in [0.717, 1.165) is 0 Å². The second kappa shape index (κ2) is 9.65. The van der Waals surface area contributed by atoms with Gasteiger partial charge in [-0.1, -0.05) is 24.3 Å². The molecule has 2 aromatic rings. The van der Waals surface area contributed by atoms with Crippen molar-refractivity contribution in [1.82, 2.24) is 0 Å². The summed E-state index contributed by atoms with van der Waals surface area (Å²) in [5, 5.41) is 0. The van der Waals surface area contributed by atoms with E-state index >= 15 is 0 Å². The third-order valence-corrected chi connectivity index (χ3v) is 3.35. The first-order valence-electron chi connectivity index (χ1n) is 7.69. The van der Waals surface area contributed by atoms with Crippen LogP contribution < -0.4 is 14.2 Å². The molecule has 0 aliphatic rings. The van der Waals surface area contributed by atoms with Crippen molar-refractivity contribution in [3.05, 3.63) is 53.6 Å². The van der Waals surface area contributed by atoms with E-state index in [1.165, 1.54) is 49.6 Å². The number of methoxy groups -OCH3 is 1. The van der Waals surface area contributed by atoms with Gasteiger partial charge >= 0.3 is 19.2 Å². The van der Waals surface area contributed by atoms with E-state index in [-0.39, 0.29) is 35.8 Å². The molecule has 0 bridgehead atoms. The molecule has 0 atom stereocenters. The standard InChI is InChI=1S/C18H16F4O5/c1-24-14-7-3-5-12(16(14)27-18(21)22)10-25-15(23)9-11-4-2-6-13(8-11)26-17(19)20/h2-8,17-18H,9-10H2,1H3. The maximum Gasteiger partial charge on any atom is 0.387 e. The molecule has 0 saturated carbocycles. The molecule has 146 valence electrons. The molecule has 0 radical (unpaired) electrons. The van der Waals surface area contributed by atoms with Crippen LogP contribution >= 0.6 is 0 Å². The van der Waals surface area contributed by atoms with Gasteiger partial charge in [-0.3, -0.25) is 4.79 Å². The molecule has 0 amide bonds. The van der Waals surface area contributed by atoms with Gasteiger partial charge < -0.3 is 18.9 Å². The van der Waals surface area contributed by atoms with E-state index in [9.17, 15) is 22.4 Å². The smallest absolute Gasteiger partial charge is 0.387 e. The molecule has 0 unspecified atom stereocenters. The lowest BCUT2D eigenvalue weighted by atomic mass is 10.1. The summed E-state index contributed by atoms with van der Waals surface area (Å²) >= 11 is 0. The van der Waals surface area contributed by atoms with Gasteiger partial charge in [0.05, 0.1) is 13.5 Å². The lowest BCUT2D eigenvalue weighted by Gasteiger charge is -2.14. The Balaban J connectivity index is 2.01. The Bertz CT molecular complexity index is 767. The summed E-state index contributed by atoms with van der Waals surface area (Å²) in [6.07, 6.45) is -0.213. The second-order valence-corrected chi connectivity index (χ2v) is 5.19. The Morgan fingerprint density at radius 3 is 2.37 bits per heavy atom. The normalized spacial score (nSPS) is 10.8. The molecule has 5 nitrogen and oxygen atoms in total. The topological polar surface area (TPSA) is 54.0 Å². The van der Waals surface area contributed by atoms with Gasteiger partial charge in [0.1, 0.15) is 12.4 Å². The average Bonchev–Trinajstić information content (AvgIpc) is 2.60. The van der Waals surface area contributed by atoms with Crippen molar-refractivity contribution in [1.29, 1.82) is 0 Å². The first kappa shape index (κ1) is 20.3. The molecule has 2 rings (SSSR count). The number of alkyl halides is 4. The van der Waals surface area contributed by atoms with Crippen LogP contribution in [-0.4, -0.2) is 26.3 Å². The van der Waals surface area contributed by atoms with Gasteiger partial charge in [0.25, 0.3) is 0 Å². The van der Waals surface area contributed by atoms with Gasteiger partial charge in [-0.05, 0) is 23.8 Å². The zero-order valence-corrected chi connectivity index (χ0v) is 14.2. The largest absolute Gasteiger partial charge is 0.493 e. The van der Waals surface area contributed by atoms with Crippen molar-refractivity contribution < 1.29 is 41.3 Å². The van der Waals surface area contributed by atoms with E-state index < -0.39 is 19.2 Å². The first-order chi connectivity index (χ1) is 12.9. The highest BCUT2D eigenvalue weighted by Gasteiger charge is 2.17. The van der Waals surface area contributed by atoms with Crippen molar-refractivity contribution in [2.75, 3.05) is 7.11 Å². The highest BCUT2D eigenvalue weighted by atomic mass is 19.3. The Hall–Kier alpha value is -2.97. The minimum absolute atomic E-state index is 0.0701. The van der Waals surface area contributed by atoms with Crippen LogP contribution in [0.2, 0.25) is 0 Å². The summed E-state index contributed by atoms with van der Waals surface area (Å²) in [6, 6.07) is 10.0. The Labute approximate surface area is 152 Å². The fourth-order valence-electron chi connectivity index (χ4n) is 2.27. The molecular formula is C18H16F4O5. The third kappa shape index (κ3) is 6.36. The summed E-state index contributed by atoms with van der Waals surface area (Å²) in [4.78, 5) is 12.0. The Kier molecular flexibility index (Phi) is 7.27. The Morgan fingerprint density at radius 2 is 1.70 bits per heavy atom. The predicted molar refractivity (Wildman–Crippen MR) is 86.2 cm³/mol. The van der Waals surface area contributed by atoms with Gasteiger partial charge in [0.15, 0.2) is 11.5 Å². The predicted octanol–water partition coefficient (Wildman–Crippen LogP) is 4.18. The van der Waals surface area contributed by atoms with Gasteiger partial charge in [-0.2, -0.15) is 17.6 Å². The molecule has 0 spiro atoms. The molecule has 2 aromatic carbocycles. The van der Waals surface area contributed by atoms with E-state index in [4.69, 9.17) is 9.47 Å². The number of hydrogen-bond acceptors (Lipinski definition) is 5. The summed E-state index contributed by atoms with van der Waals surface area (Å²) in [5.41, 5.74) is 0.589. The fourth-order valence-corrected chi connectivity index (χ4v) is 2.27. The summed E-state index contributed by atoms with van der Waals surface area (Å²) in [5.74, 6) is -0.929. The SMILES string of the molecule is COc1cccc(COC(=O)Cc2cccc(OC(F)F)c2)c1OC(F)F. The molecule has 9 heteroatoms. The number of carbonyl (C=O) groups is 1. The lowest BCUT2D eigenvalue weighted by Crippen LogP contribution is -2.11. The maximum atomic E-state index is 12.6. The van der Waals surface area contributed by atoms with Crippen molar-refractivity contribution >= 4 is 5.97 Å². The minimum atomic E-state index is -3.08. The zero-order chi connectivity index (χ0) is 19.8. The molecule has 27 heavy (non-hydrogen) atoms. The monoisotopic (exact) mass is 388 g/mol. The molecule has 0 N–H and O–H groups in total. The number of rotatable bonds is 9. The van der Waals surface area contributed by atoms with Crippen molar-refractivity contribution in [2.45, 2.75) is 26.3 Å². The van der Waals surface area contributed by atoms with Gasteiger partial charge in [-0.25, -0.2) is 0 Å². The van der Waals surface area contributed by atoms with Crippen molar-refractivity contribution in [3.63, 3.8) is 0 Å². The van der Waals surface area contributed by atoms with Crippen molar-refractivity contribution in [2.24, 2.45) is 0 Å². The van der Waals surface area contributed by atoms with Gasteiger partial charge in [-0.15, -0.1) is 0 Å². The van der Waals surface area contributed by atoms with E-state index in [1.54, 1.807) is 0 Å². The number of halogens is 4. The summed E-state index contributed by atoms with van der Waals surface area (Å²) in [6.45, 7) is -6.38. The highest BCUT2D eigenvalue weighted by Crippen LogP contribution is 2.33. The molecule has 0 saturated heterocycles. The van der Waals surface area contributed by atoms with Crippen LogP contribution in [0, 0.1) is 0 Å². The third-order valence-electron chi connectivity index (χ3n) is 3.35. The molecule has 0 fully saturated rings. The molecule has 0 aromatic heterocycles. The molecular weight excluding hydrogens is 372 g/mol. The zero-order valence-electron chi connectivity index (χ0n) is 14.2. The van der Waals surface area contributed by atoms with Crippen LogP contribution in [-0.2, 0) is 22.6 Å². The number of benzene rings is 2. The maximum absolute atomic E-state index is 12.6. The average molecular weight is 388 g/mol. The van der Waals surface area contributed by atoms with Crippen LogP contribution in [0.25, 0.3) is 0 Å². The molecule has 0 aliphatic heterocycles. The van der Waals surface area contributed by atoms with Gasteiger partial charge in [0, 0.05) is 5.56 Å². The quantitative estimate of drug-likeness (QED) is 0.476. The van der Waals surface area contributed by atoms with E-state index in [2.05, 4.69) is 9.47 Å².